The van der Waals surface area contributed by atoms with Crippen LogP contribution in [0.3, 0.4) is 0 Å². The van der Waals surface area contributed by atoms with Crippen LogP contribution in [0.25, 0.3) is 106 Å². The summed E-state index contributed by atoms with van der Waals surface area (Å²) in [6, 6.07) is 64.3. The SMILES string of the molecule is CC1(C)c2cc(-c3ccc4c(c3)c3ccccc3n4-c3ccc(-c4nc(-c5ccccc5)nc(-c5ccccc5)n4)cc3)ccc2-c2cc3c(cc21)oc1ccccc13. The number of fused-ring (bicyclic) bond motifs is 9. The number of hydrogen-bond acceptors (Lipinski definition) is 4. The molecular formula is C54H36N4O. The first kappa shape index (κ1) is 33.5. The zero-order valence-corrected chi connectivity index (χ0v) is 32.5. The van der Waals surface area contributed by atoms with Gasteiger partial charge in [0.2, 0.25) is 0 Å². The smallest absolute Gasteiger partial charge is 0.164 e. The lowest BCUT2D eigenvalue weighted by Crippen LogP contribution is -2.15. The number of benzene rings is 8. The van der Waals surface area contributed by atoms with Crippen molar-refractivity contribution in [3.05, 3.63) is 193 Å². The molecule has 12 rings (SSSR count). The summed E-state index contributed by atoms with van der Waals surface area (Å²) in [4.78, 5) is 14.8. The maximum absolute atomic E-state index is 6.33. The molecule has 3 heterocycles. The molecule has 5 heteroatoms. The Hall–Kier alpha value is -7.63. The highest BCUT2D eigenvalue weighted by Crippen LogP contribution is 2.52. The summed E-state index contributed by atoms with van der Waals surface area (Å²) in [6.07, 6.45) is 0. The van der Waals surface area contributed by atoms with E-state index in [9.17, 15) is 0 Å². The molecule has 1 aliphatic carbocycles. The maximum Gasteiger partial charge on any atom is 0.164 e. The van der Waals surface area contributed by atoms with Crippen molar-refractivity contribution in [2.45, 2.75) is 19.3 Å². The van der Waals surface area contributed by atoms with Crippen LogP contribution in [0, 0.1) is 0 Å². The molecule has 0 fully saturated rings. The molecule has 0 bridgehead atoms. The Bertz CT molecular complexity index is 3390. The van der Waals surface area contributed by atoms with Gasteiger partial charge in [-0.25, -0.2) is 15.0 Å². The minimum absolute atomic E-state index is 0.173. The standard InChI is InChI=1S/C54H36N4O/c1-54(2)45-30-37(23-27-39(45)42-31-44-41-18-10-12-20-49(41)59-50(44)32-46(42)54)36-24-28-48-43(29-36)40-17-9-11-19-47(40)58(48)38-25-21-35(22-26-38)53-56-51(33-13-5-3-6-14-33)55-52(57-53)34-15-7-4-8-16-34/h3-32H,1-2H3. The van der Waals surface area contributed by atoms with Gasteiger partial charge in [0.1, 0.15) is 11.2 Å². The van der Waals surface area contributed by atoms with Crippen LogP contribution in [0.5, 0.6) is 0 Å². The Kier molecular flexibility index (Phi) is 7.20. The molecule has 5 nitrogen and oxygen atoms in total. The molecular weight excluding hydrogens is 721 g/mol. The summed E-state index contributed by atoms with van der Waals surface area (Å²) in [6.45, 7) is 4.67. The lowest BCUT2D eigenvalue weighted by atomic mass is 9.81. The number of nitrogens with zero attached hydrogens (tertiary/aromatic N) is 4. The van der Waals surface area contributed by atoms with E-state index in [4.69, 9.17) is 19.4 Å². The molecule has 0 unspecified atom stereocenters. The summed E-state index contributed by atoms with van der Waals surface area (Å²) < 4.78 is 8.69. The highest BCUT2D eigenvalue weighted by molar-refractivity contribution is 6.11. The first-order valence-corrected chi connectivity index (χ1v) is 20.1. The van der Waals surface area contributed by atoms with Gasteiger partial charge in [-0.15, -0.1) is 0 Å². The zero-order valence-electron chi connectivity index (χ0n) is 32.5. The third-order valence-electron chi connectivity index (χ3n) is 12.3. The number of para-hydroxylation sites is 2. The molecule has 0 radical (unpaired) electrons. The molecule has 0 aliphatic heterocycles. The van der Waals surface area contributed by atoms with E-state index in [1.54, 1.807) is 0 Å². The van der Waals surface area contributed by atoms with E-state index >= 15 is 0 Å². The van der Waals surface area contributed by atoms with Gasteiger partial charge in [-0.3, -0.25) is 0 Å². The van der Waals surface area contributed by atoms with E-state index in [1.807, 2.05) is 66.7 Å². The molecule has 1 aliphatic rings. The molecule has 8 aromatic carbocycles. The third kappa shape index (κ3) is 5.21. The molecule has 278 valence electrons. The molecule has 0 saturated carbocycles. The fraction of sp³-hybridized carbons (Fsp3) is 0.0556. The average Bonchev–Trinajstić information content (AvgIpc) is 3.90. The van der Waals surface area contributed by atoms with Crippen LogP contribution >= 0.6 is 0 Å². The normalized spacial score (nSPS) is 13.1. The Morgan fingerprint density at radius 1 is 0.390 bits per heavy atom. The van der Waals surface area contributed by atoms with Crippen molar-refractivity contribution in [2.24, 2.45) is 0 Å². The summed E-state index contributed by atoms with van der Waals surface area (Å²) >= 11 is 0. The van der Waals surface area contributed by atoms with E-state index in [0.717, 1.165) is 50.0 Å². The minimum Gasteiger partial charge on any atom is -0.456 e. The zero-order chi connectivity index (χ0) is 39.2. The number of furan rings is 1. The predicted octanol–water partition coefficient (Wildman–Crippen LogP) is 13.8. The molecule has 0 spiro atoms. The summed E-state index contributed by atoms with van der Waals surface area (Å²) in [7, 11) is 0. The fourth-order valence-corrected chi connectivity index (χ4v) is 9.26. The van der Waals surface area contributed by atoms with Crippen LogP contribution in [0.4, 0.5) is 0 Å². The van der Waals surface area contributed by atoms with E-state index in [1.165, 1.54) is 49.5 Å². The Labute approximate surface area is 340 Å². The minimum atomic E-state index is -0.173. The van der Waals surface area contributed by atoms with Gasteiger partial charge in [0.15, 0.2) is 17.5 Å². The molecule has 0 amide bonds. The molecule has 3 aromatic heterocycles. The highest BCUT2D eigenvalue weighted by atomic mass is 16.3. The second kappa shape index (κ2) is 12.7. The van der Waals surface area contributed by atoms with Crippen LogP contribution in [0.15, 0.2) is 186 Å². The van der Waals surface area contributed by atoms with Crippen molar-refractivity contribution >= 4 is 43.7 Å². The third-order valence-corrected chi connectivity index (χ3v) is 12.3. The fourth-order valence-electron chi connectivity index (χ4n) is 9.26. The lowest BCUT2D eigenvalue weighted by Gasteiger charge is -2.22. The van der Waals surface area contributed by atoms with Gasteiger partial charge in [-0.05, 0) is 100 Å². The van der Waals surface area contributed by atoms with Gasteiger partial charge < -0.3 is 8.98 Å². The predicted molar refractivity (Wildman–Crippen MR) is 241 cm³/mol. The Morgan fingerprint density at radius 3 is 1.64 bits per heavy atom. The van der Waals surface area contributed by atoms with E-state index in [-0.39, 0.29) is 5.41 Å². The van der Waals surface area contributed by atoms with Crippen molar-refractivity contribution in [3.8, 4) is 62.1 Å². The molecule has 11 aromatic rings. The highest BCUT2D eigenvalue weighted by Gasteiger charge is 2.36. The van der Waals surface area contributed by atoms with Crippen LogP contribution in [0.2, 0.25) is 0 Å². The van der Waals surface area contributed by atoms with Crippen molar-refractivity contribution in [1.82, 2.24) is 19.5 Å². The molecule has 0 N–H and O–H groups in total. The van der Waals surface area contributed by atoms with E-state index < -0.39 is 0 Å². The molecule has 59 heavy (non-hydrogen) atoms. The van der Waals surface area contributed by atoms with Crippen LogP contribution < -0.4 is 0 Å². The summed E-state index contributed by atoms with van der Waals surface area (Å²) in [5.41, 5.74) is 15.6. The van der Waals surface area contributed by atoms with Gasteiger partial charge in [-0.1, -0.05) is 129 Å². The first-order valence-electron chi connectivity index (χ1n) is 20.1. The van der Waals surface area contributed by atoms with E-state index in [0.29, 0.717) is 17.5 Å². The van der Waals surface area contributed by atoms with E-state index in [2.05, 4.69) is 134 Å². The summed E-state index contributed by atoms with van der Waals surface area (Å²) in [5.74, 6) is 1.94. The van der Waals surface area contributed by atoms with Crippen LogP contribution in [-0.4, -0.2) is 19.5 Å². The second-order valence-electron chi connectivity index (χ2n) is 16.0. The Morgan fingerprint density at radius 2 is 0.932 bits per heavy atom. The average molecular weight is 757 g/mol. The largest absolute Gasteiger partial charge is 0.456 e. The van der Waals surface area contributed by atoms with Gasteiger partial charge >= 0.3 is 0 Å². The second-order valence-corrected chi connectivity index (χ2v) is 16.0. The Balaban J connectivity index is 0.933. The molecule has 0 saturated heterocycles. The molecule has 0 atom stereocenters. The lowest BCUT2D eigenvalue weighted by molar-refractivity contribution is 0.647. The van der Waals surface area contributed by atoms with Crippen LogP contribution in [-0.2, 0) is 5.41 Å². The van der Waals surface area contributed by atoms with Crippen molar-refractivity contribution < 1.29 is 4.42 Å². The monoisotopic (exact) mass is 756 g/mol. The van der Waals surface area contributed by atoms with Crippen molar-refractivity contribution in [3.63, 3.8) is 0 Å². The maximum atomic E-state index is 6.33. The van der Waals surface area contributed by atoms with Gasteiger partial charge in [0, 0.05) is 49.3 Å². The van der Waals surface area contributed by atoms with Gasteiger partial charge in [0.25, 0.3) is 0 Å². The number of hydrogen-bond donors (Lipinski definition) is 0. The topological polar surface area (TPSA) is 56.7 Å². The van der Waals surface area contributed by atoms with Gasteiger partial charge in [-0.2, -0.15) is 0 Å². The van der Waals surface area contributed by atoms with Crippen molar-refractivity contribution in [1.29, 1.82) is 0 Å². The summed E-state index contributed by atoms with van der Waals surface area (Å²) in [5, 5.41) is 4.77. The quantitative estimate of drug-likeness (QED) is 0.175. The number of aromatic nitrogens is 4. The first-order chi connectivity index (χ1) is 29.0. The van der Waals surface area contributed by atoms with Gasteiger partial charge in [0.05, 0.1) is 11.0 Å². The number of rotatable bonds is 5. The van der Waals surface area contributed by atoms with Crippen molar-refractivity contribution in [2.75, 3.05) is 0 Å². The van der Waals surface area contributed by atoms with Crippen LogP contribution in [0.1, 0.15) is 25.0 Å².